The topological polar surface area (TPSA) is 50.7 Å². The summed E-state index contributed by atoms with van der Waals surface area (Å²) in [4.78, 5) is 0. The summed E-state index contributed by atoms with van der Waals surface area (Å²) in [6.45, 7) is 5.38. The lowest BCUT2D eigenvalue weighted by Gasteiger charge is -2.38. The van der Waals surface area contributed by atoms with Crippen molar-refractivity contribution in [2.24, 2.45) is 5.41 Å². The highest BCUT2D eigenvalue weighted by Crippen LogP contribution is 2.24. The minimum Gasteiger partial charge on any atom is -0.491 e. The van der Waals surface area contributed by atoms with E-state index in [1.54, 1.807) is 24.3 Å². The fourth-order valence-corrected chi connectivity index (χ4v) is 2.00. The Hall–Kier alpha value is -0.810. The molecule has 4 nitrogen and oxygen atoms in total. The lowest BCUT2D eigenvalue weighted by molar-refractivity contribution is -0.0997. The Labute approximate surface area is 118 Å². The molecular formula is C14H20ClNO3. The highest BCUT2D eigenvalue weighted by molar-refractivity contribution is 6.30. The van der Waals surface area contributed by atoms with Crippen molar-refractivity contribution >= 4 is 11.6 Å². The molecule has 2 rings (SSSR count). The predicted molar refractivity (Wildman–Crippen MR) is 74.7 cm³/mol. The van der Waals surface area contributed by atoms with E-state index in [0.717, 1.165) is 19.8 Å². The van der Waals surface area contributed by atoms with Crippen LogP contribution in [0.15, 0.2) is 24.3 Å². The molecule has 0 spiro atoms. The van der Waals surface area contributed by atoms with E-state index in [4.69, 9.17) is 21.1 Å². The molecule has 1 aliphatic heterocycles. The summed E-state index contributed by atoms with van der Waals surface area (Å²) in [6, 6.07) is 7.10. The molecule has 0 saturated carbocycles. The molecular weight excluding hydrogens is 266 g/mol. The van der Waals surface area contributed by atoms with Crippen LogP contribution in [0.3, 0.4) is 0 Å². The van der Waals surface area contributed by atoms with Crippen molar-refractivity contribution in [2.45, 2.75) is 13.0 Å². The largest absolute Gasteiger partial charge is 0.491 e. The molecule has 0 radical (unpaired) electrons. The number of benzene rings is 1. The summed E-state index contributed by atoms with van der Waals surface area (Å²) in [6.07, 6.45) is -0.528. The first-order valence-electron chi connectivity index (χ1n) is 6.42. The first-order chi connectivity index (χ1) is 9.07. The van der Waals surface area contributed by atoms with Gasteiger partial charge in [0.15, 0.2) is 0 Å². The van der Waals surface area contributed by atoms with Crippen LogP contribution in [-0.4, -0.2) is 44.1 Å². The van der Waals surface area contributed by atoms with Gasteiger partial charge >= 0.3 is 0 Å². The number of hydrogen-bond acceptors (Lipinski definition) is 4. The maximum atomic E-state index is 9.81. The van der Waals surface area contributed by atoms with Crippen molar-refractivity contribution in [1.29, 1.82) is 0 Å². The van der Waals surface area contributed by atoms with E-state index in [1.807, 2.05) is 0 Å². The zero-order valence-electron chi connectivity index (χ0n) is 11.1. The molecule has 2 N–H and O–H groups in total. The van der Waals surface area contributed by atoms with Crippen LogP contribution in [0.25, 0.3) is 0 Å². The third kappa shape index (κ3) is 4.66. The van der Waals surface area contributed by atoms with Gasteiger partial charge in [-0.15, -0.1) is 0 Å². The van der Waals surface area contributed by atoms with Gasteiger partial charge in [0.1, 0.15) is 18.5 Å². The van der Waals surface area contributed by atoms with E-state index < -0.39 is 6.10 Å². The van der Waals surface area contributed by atoms with Crippen LogP contribution in [0.4, 0.5) is 0 Å². The molecule has 1 unspecified atom stereocenters. The van der Waals surface area contributed by atoms with Crippen molar-refractivity contribution in [3.05, 3.63) is 29.3 Å². The summed E-state index contributed by atoms with van der Waals surface area (Å²) >= 11 is 5.78. The maximum Gasteiger partial charge on any atom is 0.119 e. The molecule has 106 valence electrons. The number of hydrogen-bond donors (Lipinski definition) is 2. The molecule has 1 aliphatic rings. The second-order valence-corrected chi connectivity index (χ2v) is 5.79. The summed E-state index contributed by atoms with van der Waals surface area (Å²) in [5.41, 5.74) is 0.219. The molecule has 5 heteroatoms. The highest BCUT2D eigenvalue weighted by Gasteiger charge is 2.32. The molecule has 1 aromatic carbocycles. The molecule has 1 fully saturated rings. The molecule has 0 aliphatic carbocycles. The summed E-state index contributed by atoms with van der Waals surface area (Å²) in [5, 5.41) is 13.7. The van der Waals surface area contributed by atoms with Crippen LogP contribution < -0.4 is 10.1 Å². The van der Waals surface area contributed by atoms with Crippen molar-refractivity contribution < 1.29 is 14.6 Å². The van der Waals surface area contributed by atoms with Gasteiger partial charge in [-0.2, -0.15) is 0 Å². The van der Waals surface area contributed by atoms with Gasteiger partial charge in [-0.3, -0.25) is 0 Å². The third-order valence-electron chi connectivity index (χ3n) is 3.09. The lowest BCUT2D eigenvalue weighted by Crippen LogP contribution is -2.48. The van der Waals surface area contributed by atoms with E-state index in [9.17, 15) is 5.11 Å². The SMILES string of the molecule is CC1(CNCC(O)COc2ccc(Cl)cc2)COC1. The predicted octanol–water partition coefficient (Wildman–Crippen LogP) is 1.71. The first kappa shape index (κ1) is 14.6. The summed E-state index contributed by atoms with van der Waals surface area (Å²) in [5.74, 6) is 0.711. The van der Waals surface area contributed by atoms with Gasteiger partial charge in [-0.25, -0.2) is 0 Å². The van der Waals surface area contributed by atoms with Crippen LogP contribution in [0.5, 0.6) is 5.75 Å². The maximum absolute atomic E-state index is 9.81. The van der Waals surface area contributed by atoms with E-state index in [0.29, 0.717) is 17.3 Å². The van der Waals surface area contributed by atoms with Crippen LogP contribution >= 0.6 is 11.6 Å². The average molecular weight is 286 g/mol. The molecule has 0 amide bonds. The Kier molecular flexibility index (Phi) is 5.05. The van der Waals surface area contributed by atoms with E-state index in [1.165, 1.54) is 0 Å². The number of ether oxygens (including phenoxy) is 2. The van der Waals surface area contributed by atoms with Crippen LogP contribution in [0.1, 0.15) is 6.92 Å². The number of nitrogens with one attached hydrogen (secondary N) is 1. The van der Waals surface area contributed by atoms with Gasteiger partial charge in [0.2, 0.25) is 0 Å². The molecule has 0 aromatic heterocycles. The van der Waals surface area contributed by atoms with Crippen molar-refractivity contribution in [3.8, 4) is 5.75 Å². The number of rotatable bonds is 7. The third-order valence-corrected chi connectivity index (χ3v) is 3.34. The Balaban J connectivity index is 1.61. The second kappa shape index (κ2) is 6.57. The fraction of sp³-hybridized carbons (Fsp3) is 0.571. The van der Waals surface area contributed by atoms with Crippen molar-refractivity contribution in [2.75, 3.05) is 32.9 Å². The van der Waals surface area contributed by atoms with Crippen molar-refractivity contribution in [3.63, 3.8) is 0 Å². The average Bonchev–Trinajstić information content (AvgIpc) is 2.36. The normalized spacial score (nSPS) is 18.7. The van der Waals surface area contributed by atoms with Crippen molar-refractivity contribution in [1.82, 2.24) is 5.32 Å². The van der Waals surface area contributed by atoms with Gasteiger partial charge in [-0.05, 0) is 24.3 Å². The zero-order valence-corrected chi connectivity index (χ0v) is 11.8. The molecule has 0 bridgehead atoms. The van der Waals surface area contributed by atoms with Gasteiger partial charge < -0.3 is 19.9 Å². The number of aliphatic hydroxyl groups excluding tert-OH is 1. The highest BCUT2D eigenvalue weighted by atomic mass is 35.5. The van der Waals surface area contributed by atoms with Crippen LogP contribution in [0.2, 0.25) is 5.02 Å². The van der Waals surface area contributed by atoms with E-state index in [-0.39, 0.29) is 12.0 Å². The number of halogens is 1. The Morgan fingerprint density at radius 1 is 1.42 bits per heavy atom. The molecule has 1 aromatic rings. The van der Waals surface area contributed by atoms with E-state index >= 15 is 0 Å². The lowest BCUT2D eigenvalue weighted by atomic mass is 9.89. The smallest absolute Gasteiger partial charge is 0.119 e. The molecule has 1 atom stereocenters. The zero-order chi connectivity index (χ0) is 13.7. The number of aliphatic hydroxyl groups is 1. The van der Waals surface area contributed by atoms with Gasteiger partial charge in [0.25, 0.3) is 0 Å². The monoisotopic (exact) mass is 285 g/mol. The Morgan fingerprint density at radius 3 is 2.68 bits per heavy atom. The minimum absolute atomic E-state index is 0.219. The summed E-state index contributed by atoms with van der Waals surface area (Å²) in [7, 11) is 0. The van der Waals surface area contributed by atoms with Gasteiger partial charge in [-0.1, -0.05) is 18.5 Å². The standard InChI is InChI=1S/C14H20ClNO3/c1-14(9-18-10-14)8-16-6-12(17)7-19-13-4-2-11(15)3-5-13/h2-5,12,16-17H,6-10H2,1H3. The quantitative estimate of drug-likeness (QED) is 0.801. The van der Waals surface area contributed by atoms with Gasteiger partial charge in [0.05, 0.1) is 13.2 Å². The molecule has 1 saturated heterocycles. The fourth-order valence-electron chi connectivity index (χ4n) is 1.88. The first-order valence-corrected chi connectivity index (χ1v) is 6.80. The second-order valence-electron chi connectivity index (χ2n) is 5.35. The van der Waals surface area contributed by atoms with Crippen LogP contribution in [0, 0.1) is 5.41 Å². The van der Waals surface area contributed by atoms with E-state index in [2.05, 4.69) is 12.2 Å². The van der Waals surface area contributed by atoms with Crippen LogP contribution in [-0.2, 0) is 4.74 Å². The minimum atomic E-state index is -0.528. The van der Waals surface area contributed by atoms with Gasteiger partial charge in [0, 0.05) is 23.5 Å². The Bertz CT molecular complexity index is 392. The molecule has 19 heavy (non-hydrogen) atoms. The summed E-state index contributed by atoms with van der Waals surface area (Å²) < 4.78 is 10.6. The molecule has 1 heterocycles. The Morgan fingerprint density at radius 2 is 2.11 bits per heavy atom.